The molecule has 29 heavy (non-hydrogen) atoms. The highest BCUT2D eigenvalue weighted by Crippen LogP contribution is 2.35. The molecule has 3 aliphatic rings. The van der Waals surface area contributed by atoms with Gasteiger partial charge in [-0.1, -0.05) is 25.7 Å². The highest BCUT2D eigenvalue weighted by molar-refractivity contribution is 14.0. The first-order valence-corrected chi connectivity index (χ1v) is 11.8. The molecule has 3 rings (SSSR count). The summed E-state index contributed by atoms with van der Waals surface area (Å²) in [5, 5.41) is 7.32. The Balaban J connectivity index is 0.00000300. The molecule has 3 fully saturated rings. The molecule has 0 radical (unpaired) electrons. The molecule has 7 heteroatoms. The van der Waals surface area contributed by atoms with E-state index in [9.17, 15) is 0 Å². The van der Waals surface area contributed by atoms with Gasteiger partial charge in [0.2, 0.25) is 0 Å². The summed E-state index contributed by atoms with van der Waals surface area (Å²) in [6.07, 6.45) is 11.0. The molecule has 1 unspecified atom stereocenters. The van der Waals surface area contributed by atoms with Crippen LogP contribution in [0.25, 0.3) is 0 Å². The lowest BCUT2D eigenvalue weighted by molar-refractivity contribution is 0.0368. The van der Waals surface area contributed by atoms with E-state index < -0.39 is 0 Å². The maximum Gasteiger partial charge on any atom is 0.191 e. The molecule has 6 nitrogen and oxygen atoms in total. The molecule has 0 aromatic carbocycles. The van der Waals surface area contributed by atoms with Crippen molar-refractivity contribution in [3.8, 4) is 0 Å². The van der Waals surface area contributed by atoms with Gasteiger partial charge in [-0.3, -0.25) is 14.8 Å². The second-order valence-electron chi connectivity index (χ2n) is 9.33. The number of rotatable bonds is 6. The Morgan fingerprint density at radius 1 is 0.897 bits per heavy atom. The Bertz CT molecular complexity index is 480. The third-order valence-electron chi connectivity index (χ3n) is 7.35. The highest BCUT2D eigenvalue weighted by atomic mass is 127. The Morgan fingerprint density at radius 2 is 1.52 bits per heavy atom. The van der Waals surface area contributed by atoms with E-state index >= 15 is 0 Å². The number of halogens is 1. The van der Waals surface area contributed by atoms with E-state index in [2.05, 4.69) is 44.3 Å². The molecule has 2 N–H and O–H groups in total. The van der Waals surface area contributed by atoms with Crippen molar-refractivity contribution in [1.82, 2.24) is 25.3 Å². The minimum absolute atomic E-state index is 0. The van der Waals surface area contributed by atoms with Gasteiger partial charge in [-0.25, -0.2) is 0 Å². The topological polar surface area (TPSA) is 46.1 Å². The smallest absolute Gasteiger partial charge is 0.191 e. The normalized spacial score (nSPS) is 25.8. The largest absolute Gasteiger partial charge is 0.355 e. The molecule has 0 aromatic heterocycles. The maximum atomic E-state index is 4.53. The molecule has 0 bridgehead atoms. The van der Waals surface area contributed by atoms with Gasteiger partial charge >= 0.3 is 0 Å². The first-order chi connectivity index (χ1) is 13.6. The summed E-state index contributed by atoms with van der Waals surface area (Å²) in [7, 11) is 4.12. The number of guanidine groups is 1. The van der Waals surface area contributed by atoms with Gasteiger partial charge in [0.15, 0.2) is 5.96 Å². The molecule has 2 aliphatic heterocycles. The van der Waals surface area contributed by atoms with E-state index in [0.717, 1.165) is 19.0 Å². The highest BCUT2D eigenvalue weighted by Gasteiger charge is 2.38. The number of aliphatic imine (C=N–C) groups is 1. The maximum absolute atomic E-state index is 4.53. The number of piperazine rings is 1. The Kier molecular flexibility index (Phi) is 11.0. The van der Waals surface area contributed by atoms with Crippen LogP contribution in [-0.4, -0.2) is 98.7 Å². The van der Waals surface area contributed by atoms with Crippen molar-refractivity contribution in [3.63, 3.8) is 0 Å². The first kappa shape index (κ1) is 25.1. The molecule has 170 valence electrons. The summed E-state index contributed by atoms with van der Waals surface area (Å²) in [6.45, 7) is 11.6. The molecule has 1 aliphatic carbocycles. The summed E-state index contributed by atoms with van der Waals surface area (Å²) in [5.74, 6) is 0.975. The number of hydrogen-bond acceptors (Lipinski definition) is 4. The van der Waals surface area contributed by atoms with E-state index in [1.807, 2.05) is 7.05 Å². The molecule has 1 saturated carbocycles. The lowest BCUT2D eigenvalue weighted by Crippen LogP contribution is -2.59. The molecule has 0 aromatic rings. The molecule has 1 atom stereocenters. The van der Waals surface area contributed by atoms with Crippen molar-refractivity contribution in [2.75, 3.05) is 66.5 Å². The van der Waals surface area contributed by atoms with E-state index in [0.29, 0.717) is 11.6 Å². The number of piperidine rings is 1. The lowest BCUT2D eigenvalue weighted by Gasteiger charge is -2.48. The fraction of sp³-hybridized carbons (Fsp3) is 0.955. The molecular weight excluding hydrogens is 475 g/mol. The fourth-order valence-corrected chi connectivity index (χ4v) is 5.29. The summed E-state index contributed by atoms with van der Waals surface area (Å²) in [4.78, 5) is 12.3. The van der Waals surface area contributed by atoms with E-state index in [4.69, 9.17) is 0 Å². The van der Waals surface area contributed by atoms with E-state index in [-0.39, 0.29) is 24.0 Å². The third kappa shape index (κ3) is 7.21. The van der Waals surface area contributed by atoms with Gasteiger partial charge < -0.3 is 15.5 Å². The van der Waals surface area contributed by atoms with Crippen molar-refractivity contribution in [3.05, 3.63) is 0 Å². The Morgan fingerprint density at radius 3 is 2.14 bits per heavy atom. The van der Waals surface area contributed by atoms with Gasteiger partial charge in [0.1, 0.15) is 0 Å². The van der Waals surface area contributed by atoms with Gasteiger partial charge in [-0.05, 0) is 52.7 Å². The Labute approximate surface area is 196 Å². The van der Waals surface area contributed by atoms with Crippen LogP contribution in [0.4, 0.5) is 0 Å². The standard InChI is InChI=1S/C22H44N6.HI/c1-20(27-16-14-26(3)15-17-27)18-24-21(23-2)25-19-22(10-6-4-7-11-22)28-12-8-5-9-13-28;/h20H,4-19H2,1-3H3,(H2,23,24,25);1H. The summed E-state index contributed by atoms with van der Waals surface area (Å²) < 4.78 is 0. The second kappa shape index (κ2) is 12.7. The predicted molar refractivity (Wildman–Crippen MR) is 135 cm³/mol. The monoisotopic (exact) mass is 520 g/mol. The number of likely N-dealkylation sites (tertiary alicyclic amines) is 1. The van der Waals surface area contributed by atoms with Crippen LogP contribution < -0.4 is 10.6 Å². The van der Waals surface area contributed by atoms with Crippen LogP contribution in [0.3, 0.4) is 0 Å². The third-order valence-corrected chi connectivity index (χ3v) is 7.35. The van der Waals surface area contributed by atoms with Crippen molar-refractivity contribution in [2.45, 2.75) is 69.9 Å². The first-order valence-electron chi connectivity index (χ1n) is 11.8. The van der Waals surface area contributed by atoms with Crippen molar-refractivity contribution in [2.24, 2.45) is 4.99 Å². The van der Waals surface area contributed by atoms with Crippen LogP contribution in [0.15, 0.2) is 4.99 Å². The van der Waals surface area contributed by atoms with Gasteiger partial charge in [0.25, 0.3) is 0 Å². The zero-order chi connectivity index (χ0) is 19.8. The minimum Gasteiger partial charge on any atom is -0.355 e. The molecular formula is C22H45IN6. The minimum atomic E-state index is 0. The fourth-order valence-electron chi connectivity index (χ4n) is 5.29. The van der Waals surface area contributed by atoms with E-state index in [1.54, 1.807) is 0 Å². The number of nitrogens with zero attached hydrogens (tertiary/aromatic N) is 4. The summed E-state index contributed by atoms with van der Waals surface area (Å²) >= 11 is 0. The predicted octanol–water partition coefficient (Wildman–Crippen LogP) is 2.59. The lowest BCUT2D eigenvalue weighted by atomic mass is 9.79. The van der Waals surface area contributed by atoms with Crippen LogP contribution in [0, 0.1) is 0 Å². The second-order valence-corrected chi connectivity index (χ2v) is 9.33. The Hall–Kier alpha value is -0.120. The van der Waals surface area contributed by atoms with Crippen LogP contribution in [0.5, 0.6) is 0 Å². The van der Waals surface area contributed by atoms with Crippen LogP contribution in [0.1, 0.15) is 58.3 Å². The molecule has 0 amide bonds. The quantitative estimate of drug-likeness (QED) is 0.321. The summed E-state index contributed by atoms with van der Waals surface area (Å²) in [5.41, 5.74) is 0.347. The number of hydrogen-bond donors (Lipinski definition) is 2. The van der Waals surface area contributed by atoms with Crippen molar-refractivity contribution < 1.29 is 0 Å². The average molecular weight is 521 g/mol. The molecule has 2 saturated heterocycles. The van der Waals surface area contributed by atoms with E-state index in [1.165, 1.54) is 90.6 Å². The van der Waals surface area contributed by atoms with Gasteiger partial charge in [0, 0.05) is 57.9 Å². The average Bonchev–Trinajstić information content (AvgIpc) is 2.75. The zero-order valence-corrected chi connectivity index (χ0v) is 21.4. The van der Waals surface area contributed by atoms with Crippen molar-refractivity contribution >= 4 is 29.9 Å². The van der Waals surface area contributed by atoms with Gasteiger partial charge in [0.05, 0.1) is 0 Å². The van der Waals surface area contributed by atoms with Crippen LogP contribution in [-0.2, 0) is 0 Å². The van der Waals surface area contributed by atoms with Gasteiger partial charge in [-0.15, -0.1) is 24.0 Å². The molecule has 0 spiro atoms. The van der Waals surface area contributed by atoms with Crippen LogP contribution in [0.2, 0.25) is 0 Å². The summed E-state index contributed by atoms with van der Waals surface area (Å²) in [6, 6.07) is 0.540. The number of likely N-dealkylation sites (N-methyl/N-ethyl adjacent to an activating group) is 1. The van der Waals surface area contributed by atoms with Gasteiger partial charge in [-0.2, -0.15) is 0 Å². The van der Waals surface area contributed by atoms with Crippen molar-refractivity contribution in [1.29, 1.82) is 0 Å². The number of nitrogens with one attached hydrogen (secondary N) is 2. The zero-order valence-electron chi connectivity index (χ0n) is 19.1. The molecule has 2 heterocycles. The van der Waals surface area contributed by atoms with Crippen LogP contribution >= 0.6 is 24.0 Å². The SMILES string of the molecule is CN=C(NCC(C)N1CCN(C)CC1)NCC1(N2CCCCC2)CCCCC1.I.